The van der Waals surface area contributed by atoms with Crippen molar-refractivity contribution < 1.29 is 9.47 Å². The molecular formula is C24H34BrCl2NO2. The van der Waals surface area contributed by atoms with Gasteiger partial charge in [0.15, 0.2) is 11.5 Å². The highest BCUT2D eigenvalue weighted by molar-refractivity contribution is 9.10. The van der Waals surface area contributed by atoms with Gasteiger partial charge in [-0.1, -0.05) is 62.8 Å². The Hall–Kier alpha value is -0.940. The first-order chi connectivity index (χ1) is 14.1. The van der Waals surface area contributed by atoms with E-state index in [1.54, 1.807) is 0 Å². The average molecular weight is 519 g/mol. The third kappa shape index (κ3) is 9.91. The summed E-state index contributed by atoms with van der Waals surface area (Å²) in [6, 6.07) is 11.9. The lowest BCUT2D eigenvalue weighted by molar-refractivity contribution is 0.267. The Morgan fingerprint density at radius 1 is 0.900 bits per heavy atom. The largest absolute Gasteiger partial charge is 0.490 e. The maximum Gasteiger partial charge on any atom is 0.175 e. The molecule has 0 bridgehead atoms. The molecule has 0 unspecified atom stereocenters. The maximum atomic E-state index is 6.06. The molecule has 30 heavy (non-hydrogen) atoms. The van der Waals surface area contributed by atoms with Gasteiger partial charge in [0, 0.05) is 11.6 Å². The van der Waals surface area contributed by atoms with Crippen LogP contribution in [-0.4, -0.2) is 13.2 Å². The molecule has 2 rings (SSSR count). The van der Waals surface area contributed by atoms with Crippen LogP contribution in [0.15, 0.2) is 40.9 Å². The number of halogens is 3. The summed E-state index contributed by atoms with van der Waals surface area (Å²) in [6.45, 7) is 7.17. The molecule has 0 saturated heterocycles. The fourth-order valence-electron chi connectivity index (χ4n) is 3.13. The summed E-state index contributed by atoms with van der Waals surface area (Å²) < 4.78 is 12.8. The Kier molecular flexibility index (Phi) is 14.3. The third-order valence-corrected chi connectivity index (χ3v) is 5.54. The Morgan fingerprint density at radius 2 is 1.60 bits per heavy atom. The van der Waals surface area contributed by atoms with E-state index in [4.69, 9.17) is 21.1 Å². The van der Waals surface area contributed by atoms with Crippen molar-refractivity contribution in [2.45, 2.75) is 65.5 Å². The highest BCUT2D eigenvalue weighted by Crippen LogP contribution is 2.37. The number of rotatable bonds is 14. The van der Waals surface area contributed by atoms with Crippen LogP contribution in [0.1, 0.15) is 63.5 Å². The summed E-state index contributed by atoms with van der Waals surface area (Å²) in [5, 5.41) is 4.27. The van der Waals surface area contributed by atoms with E-state index in [0.29, 0.717) is 13.2 Å². The van der Waals surface area contributed by atoms with E-state index in [1.165, 1.54) is 44.1 Å². The Labute approximate surface area is 201 Å². The molecule has 0 spiro atoms. The van der Waals surface area contributed by atoms with Crippen LogP contribution in [0.3, 0.4) is 0 Å². The molecule has 0 aliphatic heterocycles. The molecule has 0 atom stereocenters. The zero-order valence-electron chi connectivity index (χ0n) is 18.0. The second-order valence-corrected chi connectivity index (χ2v) is 8.49. The molecule has 0 aliphatic carbocycles. The standard InChI is InChI=1S/C24H33BrClNO2.ClH/c1-3-5-6-7-8-9-14-27-17-20-15-22(25)24(23(16-20)28-4-2)29-18-19-10-12-21(26)13-11-19;/h10-13,15-16,27H,3-9,14,17-18H2,1-2H3;1H. The predicted molar refractivity (Wildman–Crippen MR) is 133 cm³/mol. The number of nitrogens with one attached hydrogen (secondary N) is 1. The van der Waals surface area contributed by atoms with E-state index in [2.05, 4.69) is 40.3 Å². The van der Waals surface area contributed by atoms with Crippen molar-refractivity contribution in [2.75, 3.05) is 13.2 Å². The van der Waals surface area contributed by atoms with Crippen molar-refractivity contribution in [3.8, 4) is 11.5 Å². The topological polar surface area (TPSA) is 30.5 Å². The van der Waals surface area contributed by atoms with Gasteiger partial charge in [0.05, 0.1) is 11.1 Å². The molecule has 3 nitrogen and oxygen atoms in total. The van der Waals surface area contributed by atoms with E-state index >= 15 is 0 Å². The summed E-state index contributed by atoms with van der Waals surface area (Å²) >= 11 is 9.61. The van der Waals surface area contributed by atoms with Crippen LogP contribution in [0.4, 0.5) is 0 Å². The Bertz CT molecular complexity index is 726. The highest BCUT2D eigenvalue weighted by Gasteiger charge is 2.12. The van der Waals surface area contributed by atoms with Crippen molar-refractivity contribution in [1.82, 2.24) is 5.32 Å². The predicted octanol–water partition coefficient (Wildman–Crippen LogP) is 7.95. The zero-order valence-corrected chi connectivity index (χ0v) is 21.2. The van der Waals surface area contributed by atoms with Gasteiger partial charge >= 0.3 is 0 Å². The summed E-state index contributed by atoms with van der Waals surface area (Å²) in [5.74, 6) is 1.51. The van der Waals surface area contributed by atoms with Crippen molar-refractivity contribution in [2.24, 2.45) is 0 Å². The monoisotopic (exact) mass is 517 g/mol. The number of ether oxygens (including phenoxy) is 2. The lowest BCUT2D eigenvalue weighted by Gasteiger charge is -2.16. The first-order valence-electron chi connectivity index (χ1n) is 10.7. The van der Waals surface area contributed by atoms with Gasteiger partial charge in [0.2, 0.25) is 0 Å². The molecule has 2 aromatic carbocycles. The minimum atomic E-state index is 0. The number of benzene rings is 2. The van der Waals surface area contributed by atoms with E-state index in [-0.39, 0.29) is 12.4 Å². The molecule has 1 N–H and O–H groups in total. The molecule has 0 radical (unpaired) electrons. The quantitative estimate of drug-likeness (QED) is 0.257. The second kappa shape index (κ2) is 15.8. The van der Waals surface area contributed by atoms with Crippen molar-refractivity contribution in [1.29, 1.82) is 0 Å². The number of hydrogen-bond acceptors (Lipinski definition) is 3. The maximum absolute atomic E-state index is 6.06. The van der Waals surface area contributed by atoms with Gasteiger partial charge < -0.3 is 14.8 Å². The van der Waals surface area contributed by atoms with Gasteiger partial charge in [-0.05, 0) is 71.2 Å². The SMILES string of the molecule is CCCCCCCCNCc1cc(Br)c(OCc2ccc(Cl)cc2)c(OCC)c1.Cl. The smallest absolute Gasteiger partial charge is 0.175 e. The van der Waals surface area contributed by atoms with Crippen LogP contribution < -0.4 is 14.8 Å². The summed E-state index contributed by atoms with van der Waals surface area (Å²) in [7, 11) is 0. The second-order valence-electron chi connectivity index (χ2n) is 7.20. The van der Waals surface area contributed by atoms with Gasteiger partial charge in [-0.15, -0.1) is 12.4 Å². The summed E-state index contributed by atoms with van der Waals surface area (Å²) in [5.41, 5.74) is 2.25. The summed E-state index contributed by atoms with van der Waals surface area (Å²) in [6.07, 6.45) is 7.89. The minimum absolute atomic E-state index is 0. The normalized spacial score (nSPS) is 10.5. The average Bonchev–Trinajstić information content (AvgIpc) is 2.71. The van der Waals surface area contributed by atoms with Gasteiger partial charge in [-0.25, -0.2) is 0 Å². The van der Waals surface area contributed by atoms with Crippen LogP contribution in [-0.2, 0) is 13.2 Å². The lowest BCUT2D eigenvalue weighted by Crippen LogP contribution is -2.15. The molecule has 168 valence electrons. The summed E-state index contributed by atoms with van der Waals surface area (Å²) in [4.78, 5) is 0. The molecule has 2 aromatic rings. The highest BCUT2D eigenvalue weighted by atomic mass is 79.9. The molecule has 6 heteroatoms. The minimum Gasteiger partial charge on any atom is -0.490 e. The molecule has 0 saturated carbocycles. The fraction of sp³-hybridized carbons (Fsp3) is 0.500. The fourth-order valence-corrected chi connectivity index (χ4v) is 3.86. The van der Waals surface area contributed by atoms with Crippen LogP contribution >= 0.6 is 39.9 Å². The Balaban J connectivity index is 0.00000450. The lowest BCUT2D eigenvalue weighted by atomic mass is 10.1. The van der Waals surface area contributed by atoms with E-state index in [1.807, 2.05) is 31.2 Å². The first-order valence-corrected chi connectivity index (χ1v) is 11.8. The molecule has 0 aliphatic rings. The van der Waals surface area contributed by atoms with Gasteiger partial charge in [-0.2, -0.15) is 0 Å². The Morgan fingerprint density at radius 3 is 2.30 bits per heavy atom. The zero-order chi connectivity index (χ0) is 20.9. The van der Waals surface area contributed by atoms with E-state index < -0.39 is 0 Å². The van der Waals surface area contributed by atoms with Gasteiger partial charge in [0.25, 0.3) is 0 Å². The number of unbranched alkanes of at least 4 members (excludes halogenated alkanes) is 5. The third-order valence-electron chi connectivity index (χ3n) is 4.70. The van der Waals surface area contributed by atoms with Gasteiger partial charge in [-0.3, -0.25) is 0 Å². The molecule has 0 heterocycles. The molecule has 0 fully saturated rings. The number of hydrogen-bond donors (Lipinski definition) is 1. The van der Waals surface area contributed by atoms with Crippen LogP contribution in [0, 0.1) is 0 Å². The van der Waals surface area contributed by atoms with Crippen LogP contribution in [0.25, 0.3) is 0 Å². The molecule has 0 aromatic heterocycles. The molecule has 0 amide bonds. The van der Waals surface area contributed by atoms with Gasteiger partial charge in [0.1, 0.15) is 6.61 Å². The van der Waals surface area contributed by atoms with E-state index in [9.17, 15) is 0 Å². The van der Waals surface area contributed by atoms with Crippen molar-refractivity contribution in [3.63, 3.8) is 0 Å². The van der Waals surface area contributed by atoms with Crippen molar-refractivity contribution in [3.05, 3.63) is 57.0 Å². The van der Waals surface area contributed by atoms with E-state index in [0.717, 1.165) is 39.6 Å². The van der Waals surface area contributed by atoms with Crippen molar-refractivity contribution >= 4 is 39.9 Å². The van der Waals surface area contributed by atoms with Crippen LogP contribution in [0.2, 0.25) is 5.02 Å². The molecular weight excluding hydrogens is 485 g/mol. The first kappa shape index (κ1) is 27.1. The van der Waals surface area contributed by atoms with Crippen LogP contribution in [0.5, 0.6) is 11.5 Å².